The summed E-state index contributed by atoms with van der Waals surface area (Å²) in [4.78, 5) is 34.6. The molecule has 3 amide bonds. The fraction of sp³-hybridized carbons (Fsp3) is 0.400. The number of benzene rings is 1. The van der Waals surface area contributed by atoms with Crippen molar-refractivity contribution in [3.05, 3.63) is 29.8 Å². The van der Waals surface area contributed by atoms with E-state index in [1.54, 1.807) is 0 Å². The number of amides is 3. The zero-order valence-electron chi connectivity index (χ0n) is 12.6. The van der Waals surface area contributed by atoms with Crippen molar-refractivity contribution < 1.29 is 27.9 Å². The lowest BCUT2D eigenvalue weighted by Crippen LogP contribution is -2.42. The van der Waals surface area contributed by atoms with Gasteiger partial charge >= 0.3 is 12.0 Å². The van der Waals surface area contributed by atoms with Gasteiger partial charge < -0.3 is 10.1 Å². The maximum atomic E-state index is 13.0. The molecule has 2 rings (SSSR count). The second-order valence-corrected chi connectivity index (χ2v) is 6.30. The number of carbonyl (C=O) groups excluding carboxylic acids is 3. The van der Waals surface area contributed by atoms with Crippen molar-refractivity contribution in [3.63, 3.8) is 0 Å². The minimum absolute atomic E-state index is 0.00872. The van der Waals surface area contributed by atoms with E-state index in [2.05, 4.69) is 10.6 Å². The van der Waals surface area contributed by atoms with Gasteiger partial charge in [-0.3, -0.25) is 14.9 Å². The van der Waals surface area contributed by atoms with Crippen LogP contribution in [0.2, 0.25) is 0 Å². The van der Waals surface area contributed by atoms with E-state index in [0.717, 1.165) is 36.7 Å². The van der Waals surface area contributed by atoms with Gasteiger partial charge in [-0.2, -0.15) is 0 Å². The zero-order chi connectivity index (χ0) is 17.5. The maximum Gasteiger partial charge on any atom is 0.321 e. The van der Waals surface area contributed by atoms with Crippen molar-refractivity contribution in [1.82, 2.24) is 10.6 Å². The third-order valence-electron chi connectivity index (χ3n) is 3.00. The molecule has 1 aromatic carbocycles. The monoisotopic (exact) mass is 358 g/mol. The highest BCUT2D eigenvalue weighted by molar-refractivity contribution is 7.99. The van der Waals surface area contributed by atoms with Gasteiger partial charge in [0.25, 0.3) is 5.91 Å². The highest BCUT2D eigenvalue weighted by Gasteiger charge is 2.24. The Labute approximate surface area is 141 Å². The second kappa shape index (κ2) is 8.62. The molecule has 130 valence electrons. The van der Waals surface area contributed by atoms with Gasteiger partial charge in [0.15, 0.2) is 18.2 Å². The quantitative estimate of drug-likeness (QED) is 0.575. The highest BCUT2D eigenvalue weighted by atomic mass is 32.2. The van der Waals surface area contributed by atoms with Crippen LogP contribution in [0.4, 0.5) is 13.6 Å². The van der Waals surface area contributed by atoms with Gasteiger partial charge in [-0.25, -0.2) is 13.6 Å². The molecule has 1 aromatic rings. The van der Waals surface area contributed by atoms with E-state index in [9.17, 15) is 23.2 Å². The number of hydrogen-bond donors (Lipinski definition) is 2. The van der Waals surface area contributed by atoms with Crippen LogP contribution in [0.1, 0.15) is 19.3 Å². The number of thioether (sulfide) groups is 1. The van der Waals surface area contributed by atoms with E-state index in [1.807, 2.05) is 0 Å². The Morgan fingerprint density at radius 3 is 2.62 bits per heavy atom. The lowest BCUT2D eigenvalue weighted by molar-refractivity contribution is -0.147. The Bertz CT molecular complexity index is 638. The van der Waals surface area contributed by atoms with Gasteiger partial charge in [0.2, 0.25) is 0 Å². The van der Waals surface area contributed by atoms with Crippen molar-refractivity contribution in [1.29, 1.82) is 0 Å². The molecule has 1 aliphatic rings. The minimum atomic E-state index is -0.955. The second-order valence-electron chi connectivity index (χ2n) is 5.13. The van der Waals surface area contributed by atoms with Crippen LogP contribution < -0.4 is 10.6 Å². The fourth-order valence-electron chi connectivity index (χ4n) is 1.65. The summed E-state index contributed by atoms with van der Waals surface area (Å²) in [6.45, 7) is -0.549. The molecule has 0 aliphatic heterocycles. The van der Waals surface area contributed by atoms with Crippen molar-refractivity contribution in [2.24, 2.45) is 0 Å². The maximum absolute atomic E-state index is 13.0. The number of urea groups is 1. The third-order valence-corrected chi connectivity index (χ3v) is 3.99. The Balaban J connectivity index is 1.59. The number of imide groups is 1. The normalized spacial score (nSPS) is 13.2. The van der Waals surface area contributed by atoms with Gasteiger partial charge in [0.1, 0.15) is 0 Å². The van der Waals surface area contributed by atoms with E-state index in [1.165, 1.54) is 6.07 Å². The summed E-state index contributed by atoms with van der Waals surface area (Å²) in [7, 11) is 0. The van der Waals surface area contributed by atoms with Gasteiger partial charge in [-0.1, -0.05) is 0 Å². The van der Waals surface area contributed by atoms with Gasteiger partial charge in [-0.05, 0) is 31.0 Å². The first-order valence-electron chi connectivity index (χ1n) is 7.28. The van der Waals surface area contributed by atoms with Crippen molar-refractivity contribution in [3.8, 4) is 0 Å². The molecule has 0 heterocycles. The van der Waals surface area contributed by atoms with E-state index in [4.69, 9.17) is 4.74 Å². The number of ether oxygens (including phenoxy) is 1. The van der Waals surface area contributed by atoms with Crippen LogP contribution in [0.25, 0.3) is 0 Å². The summed E-state index contributed by atoms with van der Waals surface area (Å²) >= 11 is 1.16. The number of rotatable bonds is 7. The molecule has 24 heavy (non-hydrogen) atoms. The molecule has 6 nitrogen and oxygen atoms in total. The van der Waals surface area contributed by atoms with E-state index >= 15 is 0 Å². The predicted octanol–water partition coefficient (Wildman–Crippen LogP) is 1.98. The Morgan fingerprint density at radius 1 is 1.21 bits per heavy atom. The van der Waals surface area contributed by atoms with Crippen LogP contribution in [-0.2, 0) is 14.3 Å². The number of halogens is 2. The molecular formula is C15H16F2N2O4S. The van der Waals surface area contributed by atoms with Crippen LogP contribution >= 0.6 is 11.8 Å². The largest absolute Gasteiger partial charge is 0.456 e. The van der Waals surface area contributed by atoms with Gasteiger partial charge in [0, 0.05) is 16.7 Å². The molecule has 0 spiro atoms. The third kappa shape index (κ3) is 6.53. The van der Waals surface area contributed by atoms with E-state index < -0.39 is 36.1 Å². The summed E-state index contributed by atoms with van der Waals surface area (Å²) < 4.78 is 30.5. The first kappa shape index (κ1) is 18.2. The summed E-state index contributed by atoms with van der Waals surface area (Å²) in [6.07, 6.45) is 1.78. The number of esters is 1. The van der Waals surface area contributed by atoms with Crippen LogP contribution in [0, 0.1) is 11.6 Å². The predicted molar refractivity (Wildman–Crippen MR) is 82.4 cm³/mol. The first-order valence-corrected chi connectivity index (χ1v) is 8.26. The average Bonchev–Trinajstić information content (AvgIpc) is 3.32. The molecule has 1 saturated carbocycles. The topological polar surface area (TPSA) is 84.5 Å². The Kier molecular flexibility index (Phi) is 6.53. The lowest BCUT2D eigenvalue weighted by Gasteiger charge is -2.06. The standard InChI is InChI=1S/C15H16F2N2O4S/c16-11-4-3-10(7-12(11)17)24-6-5-14(21)23-8-13(20)19-15(22)18-9-1-2-9/h3-4,7,9H,1-2,5-6,8H2,(H2,18,19,20,22). The molecule has 1 fully saturated rings. The molecule has 2 N–H and O–H groups in total. The zero-order valence-corrected chi connectivity index (χ0v) is 13.5. The Hall–Kier alpha value is -2.16. The molecule has 0 bridgehead atoms. The van der Waals surface area contributed by atoms with Crippen molar-refractivity contribution in [2.75, 3.05) is 12.4 Å². The summed E-state index contributed by atoms with van der Waals surface area (Å²) in [5, 5.41) is 4.61. The highest BCUT2D eigenvalue weighted by Crippen LogP contribution is 2.21. The Morgan fingerprint density at radius 2 is 1.96 bits per heavy atom. The number of carbonyl (C=O) groups is 3. The molecular weight excluding hydrogens is 342 g/mol. The minimum Gasteiger partial charge on any atom is -0.456 e. The van der Waals surface area contributed by atoms with Crippen LogP contribution in [-0.4, -0.2) is 36.3 Å². The average molecular weight is 358 g/mol. The lowest BCUT2D eigenvalue weighted by atomic mass is 10.3. The summed E-state index contributed by atoms with van der Waals surface area (Å²) in [5.74, 6) is -2.94. The molecule has 0 atom stereocenters. The summed E-state index contributed by atoms with van der Waals surface area (Å²) in [5.41, 5.74) is 0. The van der Waals surface area contributed by atoms with Crippen molar-refractivity contribution in [2.45, 2.75) is 30.2 Å². The van der Waals surface area contributed by atoms with E-state index in [-0.39, 0.29) is 18.2 Å². The fourth-order valence-corrected chi connectivity index (χ4v) is 2.50. The van der Waals surface area contributed by atoms with Crippen LogP contribution in [0.3, 0.4) is 0 Å². The molecule has 9 heteroatoms. The SMILES string of the molecule is O=C(COC(=O)CCSc1ccc(F)c(F)c1)NC(=O)NC1CC1. The molecule has 1 aliphatic carbocycles. The first-order chi connectivity index (χ1) is 11.4. The van der Waals surface area contributed by atoms with Gasteiger partial charge in [-0.15, -0.1) is 11.8 Å². The van der Waals surface area contributed by atoms with Crippen LogP contribution in [0.5, 0.6) is 0 Å². The smallest absolute Gasteiger partial charge is 0.321 e. The summed E-state index contributed by atoms with van der Waals surface area (Å²) in [6, 6.07) is 2.96. The van der Waals surface area contributed by atoms with Crippen LogP contribution in [0.15, 0.2) is 23.1 Å². The van der Waals surface area contributed by atoms with Crippen molar-refractivity contribution >= 4 is 29.7 Å². The molecule has 0 saturated heterocycles. The molecule has 0 unspecified atom stereocenters. The molecule has 0 aromatic heterocycles. The van der Waals surface area contributed by atoms with Gasteiger partial charge in [0.05, 0.1) is 6.42 Å². The number of hydrogen-bond acceptors (Lipinski definition) is 5. The number of nitrogens with one attached hydrogen (secondary N) is 2. The molecule has 0 radical (unpaired) electrons. The van der Waals surface area contributed by atoms with E-state index in [0.29, 0.717) is 4.90 Å².